The second kappa shape index (κ2) is 8.62. The average Bonchev–Trinajstić information content (AvgIpc) is 2.85. The molecule has 0 aliphatic rings. The molecular weight excluding hydrogens is 312 g/mol. The van der Waals surface area contributed by atoms with Gasteiger partial charge in [-0.1, -0.05) is 22.9 Å². The lowest BCUT2D eigenvalue weighted by Gasteiger charge is -2.08. The van der Waals surface area contributed by atoms with Crippen molar-refractivity contribution in [2.75, 3.05) is 18.9 Å². The average molecular weight is 334 g/mol. The molecule has 124 valence electrons. The van der Waals surface area contributed by atoms with E-state index in [1.807, 2.05) is 45.0 Å². The molecule has 1 heterocycles. The Morgan fingerprint density at radius 1 is 1.26 bits per heavy atom. The smallest absolute Gasteiger partial charge is 0.230 e. The number of carbonyl (C=O) groups excluding carboxylic acids is 1. The number of aryl methyl sites for hydroxylation is 3. The lowest BCUT2D eigenvalue weighted by atomic mass is 10.2. The molecule has 1 aromatic heterocycles. The molecule has 0 saturated heterocycles. The number of hydrogen-bond acceptors (Lipinski definition) is 5. The minimum absolute atomic E-state index is 0.00858. The Bertz CT molecular complexity index is 618. The molecule has 0 radical (unpaired) electrons. The molecule has 6 heteroatoms. The summed E-state index contributed by atoms with van der Waals surface area (Å²) in [5.41, 5.74) is 3.16. The maximum absolute atomic E-state index is 11.8. The van der Waals surface area contributed by atoms with Crippen molar-refractivity contribution in [3.05, 3.63) is 46.8 Å². The molecule has 0 saturated carbocycles. The number of amides is 1. The molecule has 5 nitrogen and oxygen atoms in total. The zero-order chi connectivity index (χ0) is 16.7. The highest BCUT2D eigenvalue weighted by atomic mass is 32.2. The van der Waals surface area contributed by atoms with Crippen molar-refractivity contribution < 1.29 is 14.1 Å². The van der Waals surface area contributed by atoms with Crippen LogP contribution in [0.15, 0.2) is 28.8 Å². The van der Waals surface area contributed by atoms with Gasteiger partial charge in [0.2, 0.25) is 5.91 Å². The van der Waals surface area contributed by atoms with Crippen LogP contribution in [0.2, 0.25) is 0 Å². The molecule has 1 amide bonds. The van der Waals surface area contributed by atoms with Gasteiger partial charge in [0, 0.05) is 11.3 Å². The van der Waals surface area contributed by atoms with Crippen molar-refractivity contribution in [2.24, 2.45) is 0 Å². The van der Waals surface area contributed by atoms with Crippen LogP contribution in [0.4, 0.5) is 0 Å². The topological polar surface area (TPSA) is 64.4 Å². The van der Waals surface area contributed by atoms with E-state index >= 15 is 0 Å². The number of benzene rings is 1. The maximum atomic E-state index is 11.8. The Morgan fingerprint density at radius 3 is 2.65 bits per heavy atom. The fourth-order valence-corrected chi connectivity index (χ4v) is 3.00. The largest absolute Gasteiger partial charge is 0.492 e. The monoisotopic (exact) mass is 334 g/mol. The van der Waals surface area contributed by atoms with E-state index in [4.69, 9.17) is 9.26 Å². The van der Waals surface area contributed by atoms with Gasteiger partial charge < -0.3 is 14.6 Å². The van der Waals surface area contributed by atoms with Crippen molar-refractivity contribution in [2.45, 2.75) is 26.5 Å². The summed E-state index contributed by atoms with van der Waals surface area (Å²) in [7, 11) is 0. The third-order valence-corrected chi connectivity index (χ3v) is 4.33. The van der Waals surface area contributed by atoms with Gasteiger partial charge in [0.05, 0.1) is 18.0 Å². The van der Waals surface area contributed by atoms with Crippen LogP contribution < -0.4 is 10.1 Å². The standard InChI is InChI=1S/C17H22N2O3S/c1-12-4-6-15(7-5-12)21-9-8-18-17(20)11-23-10-16-13(2)19-22-14(16)3/h4-7H,8-11H2,1-3H3,(H,18,20). The number of rotatable bonds is 8. The van der Waals surface area contributed by atoms with E-state index in [0.717, 1.165) is 28.5 Å². The number of nitrogens with zero attached hydrogens (tertiary/aromatic N) is 1. The fraction of sp³-hybridized carbons (Fsp3) is 0.412. The first kappa shape index (κ1) is 17.4. The normalized spacial score (nSPS) is 10.6. The maximum Gasteiger partial charge on any atom is 0.230 e. The lowest BCUT2D eigenvalue weighted by molar-refractivity contribution is -0.118. The van der Waals surface area contributed by atoms with E-state index in [-0.39, 0.29) is 5.91 Å². The van der Waals surface area contributed by atoms with E-state index in [9.17, 15) is 4.79 Å². The van der Waals surface area contributed by atoms with Gasteiger partial charge in [-0.25, -0.2) is 0 Å². The fourth-order valence-electron chi connectivity index (χ4n) is 2.00. The Hall–Kier alpha value is -1.95. The van der Waals surface area contributed by atoms with Crippen molar-refractivity contribution >= 4 is 17.7 Å². The van der Waals surface area contributed by atoms with Crippen molar-refractivity contribution in [3.63, 3.8) is 0 Å². The summed E-state index contributed by atoms with van der Waals surface area (Å²) in [5, 5.41) is 6.75. The predicted molar refractivity (Wildman–Crippen MR) is 91.8 cm³/mol. The highest BCUT2D eigenvalue weighted by Crippen LogP contribution is 2.19. The molecule has 23 heavy (non-hydrogen) atoms. The van der Waals surface area contributed by atoms with Crippen molar-refractivity contribution in [1.82, 2.24) is 10.5 Å². The molecule has 0 aliphatic heterocycles. The van der Waals surface area contributed by atoms with E-state index in [1.165, 1.54) is 5.56 Å². The Kier molecular flexibility index (Phi) is 6.52. The number of ether oxygens (including phenoxy) is 1. The van der Waals surface area contributed by atoms with Crippen LogP contribution in [-0.2, 0) is 10.5 Å². The van der Waals surface area contributed by atoms with E-state index in [2.05, 4.69) is 10.5 Å². The zero-order valence-electron chi connectivity index (χ0n) is 13.7. The molecule has 0 atom stereocenters. The lowest BCUT2D eigenvalue weighted by Crippen LogP contribution is -2.29. The van der Waals surface area contributed by atoms with Crippen LogP contribution in [0.5, 0.6) is 5.75 Å². The molecule has 1 aromatic carbocycles. The number of aromatic nitrogens is 1. The van der Waals surface area contributed by atoms with Gasteiger partial charge in [0.1, 0.15) is 18.1 Å². The first-order chi connectivity index (χ1) is 11.1. The van der Waals surface area contributed by atoms with Crippen LogP contribution in [0.1, 0.15) is 22.6 Å². The molecule has 0 bridgehead atoms. The Labute approximate surface area is 140 Å². The summed E-state index contributed by atoms with van der Waals surface area (Å²) in [6.07, 6.45) is 0. The van der Waals surface area contributed by atoms with Gasteiger partial charge in [-0.15, -0.1) is 11.8 Å². The summed E-state index contributed by atoms with van der Waals surface area (Å²) < 4.78 is 10.7. The van der Waals surface area contributed by atoms with Crippen LogP contribution in [0, 0.1) is 20.8 Å². The molecule has 1 N–H and O–H groups in total. The molecule has 2 aromatic rings. The minimum Gasteiger partial charge on any atom is -0.492 e. The summed E-state index contributed by atoms with van der Waals surface area (Å²) in [4.78, 5) is 11.8. The zero-order valence-corrected chi connectivity index (χ0v) is 14.5. The second-order valence-electron chi connectivity index (χ2n) is 5.31. The second-order valence-corrected chi connectivity index (χ2v) is 6.29. The van der Waals surface area contributed by atoms with Crippen LogP contribution in [0.3, 0.4) is 0 Å². The molecule has 0 spiro atoms. The van der Waals surface area contributed by atoms with Gasteiger partial charge in [0.15, 0.2) is 0 Å². The third kappa shape index (κ3) is 5.63. The van der Waals surface area contributed by atoms with E-state index < -0.39 is 0 Å². The van der Waals surface area contributed by atoms with Crippen LogP contribution in [-0.4, -0.2) is 30.0 Å². The summed E-state index contributed by atoms with van der Waals surface area (Å²) in [6.45, 7) is 6.79. The molecular formula is C17H22N2O3S. The van der Waals surface area contributed by atoms with Gasteiger partial charge in [-0.2, -0.15) is 0 Å². The molecule has 2 rings (SSSR count). The van der Waals surface area contributed by atoms with Crippen molar-refractivity contribution in [1.29, 1.82) is 0 Å². The van der Waals surface area contributed by atoms with Gasteiger partial charge in [-0.05, 0) is 32.9 Å². The van der Waals surface area contributed by atoms with Crippen LogP contribution in [0.25, 0.3) is 0 Å². The first-order valence-corrected chi connectivity index (χ1v) is 8.67. The van der Waals surface area contributed by atoms with Gasteiger partial charge >= 0.3 is 0 Å². The quantitative estimate of drug-likeness (QED) is 0.752. The van der Waals surface area contributed by atoms with Gasteiger partial charge in [-0.3, -0.25) is 4.79 Å². The molecule has 0 unspecified atom stereocenters. The van der Waals surface area contributed by atoms with Crippen LogP contribution >= 0.6 is 11.8 Å². The van der Waals surface area contributed by atoms with E-state index in [0.29, 0.717) is 18.9 Å². The highest BCUT2D eigenvalue weighted by Gasteiger charge is 2.09. The molecule has 0 aliphatic carbocycles. The SMILES string of the molecule is Cc1ccc(OCCNC(=O)CSCc2c(C)noc2C)cc1. The summed E-state index contributed by atoms with van der Waals surface area (Å²) in [6, 6.07) is 7.85. The number of carbonyl (C=O) groups is 1. The highest BCUT2D eigenvalue weighted by molar-refractivity contribution is 7.99. The predicted octanol–water partition coefficient (Wildman–Crippen LogP) is 3.03. The minimum atomic E-state index is 0.00858. The van der Waals surface area contributed by atoms with Crippen molar-refractivity contribution in [3.8, 4) is 5.75 Å². The van der Waals surface area contributed by atoms with E-state index in [1.54, 1.807) is 11.8 Å². The molecule has 0 fully saturated rings. The van der Waals surface area contributed by atoms with Gasteiger partial charge in [0.25, 0.3) is 0 Å². The Morgan fingerprint density at radius 2 is 2.00 bits per heavy atom. The third-order valence-electron chi connectivity index (χ3n) is 3.37. The first-order valence-electron chi connectivity index (χ1n) is 7.52. The summed E-state index contributed by atoms with van der Waals surface area (Å²) >= 11 is 1.55. The summed E-state index contributed by atoms with van der Waals surface area (Å²) in [5.74, 6) is 2.79. The number of thioether (sulfide) groups is 1. The Balaban J connectivity index is 1.59. The number of nitrogens with one attached hydrogen (secondary N) is 1. The number of hydrogen-bond donors (Lipinski definition) is 1.